The number of ether oxygens (including phenoxy) is 1. The number of nitrogens with one attached hydrogen (secondary N) is 1. The minimum atomic E-state index is -0.375. The Labute approximate surface area is 87.9 Å². The van der Waals surface area contributed by atoms with Crippen LogP contribution in [0.3, 0.4) is 0 Å². The van der Waals surface area contributed by atoms with E-state index in [0.29, 0.717) is 0 Å². The Bertz CT molecular complexity index is 361. The van der Waals surface area contributed by atoms with E-state index in [1.54, 1.807) is 24.3 Å². The first kappa shape index (κ1) is 9.83. The Morgan fingerprint density at radius 1 is 1.40 bits per heavy atom. The standard InChI is InChI=1S/C11H13NO3/c1-2-9-10(15-11(14)12-9)7-3-5-8(13)6-4-7/h3-6,9-10,13H,2H2,1H3,(H,12,14)/t9-,10-/m0/s1. The quantitative estimate of drug-likeness (QED) is 0.779. The van der Waals surface area contributed by atoms with Gasteiger partial charge in [-0.05, 0) is 24.1 Å². The number of benzene rings is 1. The normalized spacial score (nSPS) is 24.7. The molecule has 80 valence electrons. The predicted octanol–water partition coefficient (Wildman–Crippen LogP) is 1.95. The molecule has 1 aromatic carbocycles. The average Bonchev–Trinajstić information content (AvgIpc) is 2.61. The molecule has 0 aromatic heterocycles. The number of aromatic hydroxyl groups is 1. The van der Waals surface area contributed by atoms with Crippen LogP contribution in [0.5, 0.6) is 5.75 Å². The van der Waals surface area contributed by atoms with E-state index < -0.39 is 0 Å². The third-order valence-corrected chi connectivity index (χ3v) is 2.56. The van der Waals surface area contributed by atoms with Crippen molar-refractivity contribution >= 4 is 6.09 Å². The lowest BCUT2D eigenvalue weighted by atomic mass is 10.0. The van der Waals surface area contributed by atoms with Gasteiger partial charge in [-0.25, -0.2) is 4.79 Å². The fourth-order valence-electron chi connectivity index (χ4n) is 1.74. The molecule has 1 aromatic rings. The number of carbonyl (C=O) groups excluding carboxylic acids is 1. The number of alkyl carbamates (subject to hydrolysis) is 1. The fraction of sp³-hybridized carbons (Fsp3) is 0.364. The van der Waals surface area contributed by atoms with Crippen LogP contribution in [0.15, 0.2) is 24.3 Å². The molecule has 4 heteroatoms. The van der Waals surface area contributed by atoms with Gasteiger partial charge in [-0.3, -0.25) is 0 Å². The lowest BCUT2D eigenvalue weighted by Crippen LogP contribution is -2.26. The zero-order valence-corrected chi connectivity index (χ0v) is 8.43. The number of phenols is 1. The number of rotatable bonds is 2. The molecular formula is C11H13NO3. The van der Waals surface area contributed by atoms with E-state index in [9.17, 15) is 4.79 Å². The monoisotopic (exact) mass is 207 g/mol. The van der Waals surface area contributed by atoms with E-state index in [-0.39, 0.29) is 24.0 Å². The van der Waals surface area contributed by atoms with E-state index in [1.807, 2.05) is 6.92 Å². The van der Waals surface area contributed by atoms with Gasteiger partial charge in [-0.1, -0.05) is 19.1 Å². The number of carbonyl (C=O) groups is 1. The molecule has 0 bridgehead atoms. The fourth-order valence-corrected chi connectivity index (χ4v) is 1.74. The van der Waals surface area contributed by atoms with Crippen molar-refractivity contribution in [3.8, 4) is 5.75 Å². The zero-order valence-electron chi connectivity index (χ0n) is 8.43. The van der Waals surface area contributed by atoms with Gasteiger partial charge in [-0.15, -0.1) is 0 Å². The second-order valence-corrected chi connectivity index (χ2v) is 3.58. The van der Waals surface area contributed by atoms with Gasteiger partial charge in [0.05, 0.1) is 6.04 Å². The van der Waals surface area contributed by atoms with Crippen molar-refractivity contribution in [1.82, 2.24) is 5.32 Å². The first-order valence-corrected chi connectivity index (χ1v) is 4.96. The topological polar surface area (TPSA) is 58.6 Å². The lowest BCUT2D eigenvalue weighted by Gasteiger charge is -2.15. The number of hydrogen-bond donors (Lipinski definition) is 2. The van der Waals surface area contributed by atoms with Crippen molar-refractivity contribution in [2.75, 3.05) is 0 Å². The van der Waals surface area contributed by atoms with Gasteiger partial charge < -0.3 is 15.2 Å². The molecular weight excluding hydrogens is 194 g/mol. The zero-order chi connectivity index (χ0) is 10.8. The molecule has 0 saturated carbocycles. The smallest absolute Gasteiger partial charge is 0.408 e. The van der Waals surface area contributed by atoms with E-state index in [4.69, 9.17) is 9.84 Å². The summed E-state index contributed by atoms with van der Waals surface area (Å²) in [6, 6.07) is 6.73. The van der Waals surface area contributed by atoms with Crippen molar-refractivity contribution < 1.29 is 14.6 Å². The molecule has 0 radical (unpaired) electrons. The molecule has 4 nitrogen and oxygen atoms in total. The number of hydrogen-bond acceptors (Lipinski definition) is 3. The van der Waals surface area contributed by atoms with Gasteiger partial charge in [0.1, 0.15) is 11.9 Å². The lowest BCUT2D eigenvalue weighted by molar-refractivity contribution is 0.131. The second-order valence-electron chi connectivity index (χ2n) is 3.58. The molecule has 1 fully saturated rings. The summed E-state index contributed by atoms with van der Waals surface area (Å²) in [4.78, 5) is 11.1. The Hall–Kier alpha value is -1.71. The molecule has 0 spiro atoms. The van der Waals surface area contributed by atoms with Crippen LogP contribution in [0.25, 0.3) is 0 Å². The van der Waals surface area contributed by atoms with Gasteiger partial charge >= 0.3 is 6.09 Å². The van der Waals surface area contributed by atoms with Crippen LogP contribution in [-0.2, 0) is 4.74 Å². The molecule has 2 N–H and O–H groups in total. The first-order valence-electron chi connectivity index (χ1n) is 4.96. The van der Waals surface area contributed by atoms with E-state index in [0.717, 1.165) is 12.0 Å². The molecule has 2 atom stereocenters. The van der Waals surface area contributed by atoms with Crippen LogP contribution in [-0.4, -0.2) is 17.2 Å². The Balaban J connectivity index is 2.22. The summed E-state index contributed by atoms with van der Waals surface area (Å²) in [7, 11) is 0. The third-order valence-electron chi connectivity index (χ3n) is 2.56. The largest absolute Gasteiger partial charge is 0.508 e. The maximum Gasteiger partial charge on any atom is 0.408 e. The van der Waals surface area contributed by atoms with Gasteiger partial charge in [0.25, 0.3) is 0 Å². The van der Waals surface area contributed by atoms with Crippen LogP contribution >= 0.6 is 0 Å². The summed E-state index contributed by atoms with van der Waals surface area (Å²) < 4.78 is 5.16. The first-order chi connectivity index (χ1) is 7.20. The van der Waals surface area contributed by atoms with E-state index in [1.165, 1.54) is 0 Å². The van der Waals surface area contributed by atoms with Crippen LogP contribution in [0.4, 0.5) is 4.79 Å². The predicted molar refractivity (Wildman–Crippen MR) is 54.5 cm³/mol. The molecule has 1 aliphatic heterocycles. The molecule has 2 rings (SSSR count). The average molecular weight is 207 g/mol. The highest BCUT2D eigenvalue weighted by molar-refractivity contribution is 5.70. The third kappa shape index (κ3) is 1.88. The number of cyclic esters (lactones) is 1. The van der Waals surface area contributed by atoms with Crippen molar-refractivity contribution in [3.63, 3.8) is 0 Å². The van der Waals surface area contributed by atoms with Gasteiger partial charge in [-0.2, -0.15) is 0 Å². The van der Waals surface area contributed by atoms with Crippen molar-refractivity contribution in [2.45, 2.75) is 25.5 Å². The van der Waals surface area contributed by atoms with Crippen molar-refractivity contribution in [3.05, 3.63) is 29.8 Å². The molecule has 15 heavy (non-hydrogen) atoms. The van der Waals surface area contributed by atoms with Gasteiger partial charge in [0.2, 0.25) is 0 Å². The molecule has 0 aliphatic carbocycles. The molecule has 1 aliphatic rings. The Morgan fingerprint density at radius 2 is 2.07 bits per heavy atom. The van der Waals surface area contributed by atoms with Crippen LogP contribution in [0.2, 0.25) is 0 Å². The van der Waals surface area contributed by atoms with Gasteiger partial charge in [0.15, 0.2) is 0 Å². The summed E-state index contributed by atoms with van der Waals surface area (Å²) in [6.07, 6.45) is 0.195. The minimum Gasteiger partial charge on any atom is -0.508 e. The Morgan fingerprint density at radius 3 is 2.67 bits per heavy atom. The molecule has 1 saturated heterocycles. The summed E-state index contributed by atoms with van der Waals surface area (Å²) in [5.41, 5.74) is 0.901. The summed E-state index contributed by atoms with van der Waals surface area (Å²) in [5.74, 6) is 0.212. The summed E-state index contributed by atoms with van der Waals surface area (Å²) in [5, 5.41) is 11.9. The maximum absolute atomic E-state index is 11.1. The van der Waals surface area contributed by atoms with Gasteiger partial charge in [0, 0.05) is 0 Å². The van der Waals surface area contributed by atoms with E-state index in [2.05, 4.69) is 5.32 Å². The molecule has 1 amide bonds. The SMILES string of the molecule is CC[C@@H]1NC(=O)O[C@H]1c1ccc(O)cc1. The van der Waals surface area contributed by atoms with Crippen molar-refractivity contribution in [1.29, 1.82) is 0 Å². The summed E-state index contributed by atoms with van der Waals surface area (Å²) in [6.45, 7) is 1.99. The Kier molecular flexibility index (Phi) is 2.49. The number of amides is 1. The molecule has 1 heterocycles. The van der Waals surface area contributed by atoms with Crippen LogP contribution < -0.4 is 5.32 Å². The highest BCUT2D eigenvalue weighted by atomic mass is 16.6. The summed E-state index contributed by atoms with van der Waals surface area (Å²) >= 11 is 0. The highest BCUT2D eigenvalue weighted by Gasteiger charge is 2.33. The molecule has 0 unspecified atom stereocenters. The van der Waals surface area contributed by atoms with E-state index >= 15 is 0 Å². The highest BCUT2D eigenvalue weighted by Crippen LogP contribution is 2.28. The van der Waals surface area contributed by atoms with Crippen LogP contribution in [0, 0.1) is 0 Å². The second kappa shape index (κ2) is 3.81. The minimum absolute atomic E-state index is 0.0158. The maximum atomic E-state index is 11.1. The van der Waals surface area contributed by atoms with Crippen molar-refractivity contribution in [2.24, 2.45) is 0 Å². The van der Waals surface area contributed by atoms with Crippen LogP contribution in [0.1, 0.15) is 25.0 Å². The number of phenolic OH excluding ortho intramolecular Hbond substituents is 1.